The standard InChI is InChI=1S/C23H28Cl2N6/c1-29-11-13-31(14-12-29)18-7-3-5-16-21(18)28-23(27-16)19-8-4-6-17(30(19)2)22-20(25)15(24)9-10-26-22/h3,5,7,9-10,17,19H,4,6,8,11-14H2,1-2H3,(H,27,28)/t17-,19+/m0/s1. The van der Waals surface area contributed by atoms with Crippen LogP contribution >= 0.6 is 23.2 Å². The molecule has 31 heavy (non-hydrogen) atoms. The number of aromatic nitrogens is 3. The number of pyridine rings is 1. The second-order valence-electron chi connectivity index (χ2n) is 8.70. The van der Waals surface area contributed by atoms with Gasteiger partial charge in [0.05, 0.1) is 44.5 Å². The SMILES string of the molecule is CN1CCN(c2cccc3nc([C@H]4CCC[C@@H](c5nccc(Cl)c5Cl)N4C)[nH]c23)CC1. The molecule has 2 atom stereocenters. The number of anilines is 1. The first-order chi connectivity index (χ1) is 15.0. The van der Waals surface area contributed by atoms with Gasteiger partial charge < -0.3 is 14.8 Å². The lowest BCUT2D eigenvalue weighted by Gasteiger charge is -2.38. The monoisotopic (exact) mass is 458 g/mol. The van der Waals surface area contributed by atoms with Gasteiger partial charge in [-0.05, 0) is 51.6 Å². The Balaban J connectivity index is 1.46. The van der Waals surface area contributed by atoms with E-state index >= 15 is 0 Å². The Bertz CT molecular complexity index is 1080. The van der Waals surface area contributed by atoms with Crippen LogP contribution in [0, 0.1) is 0 Å². The number of nitrogens with one attached hydrogen (secondary N) is 1. The Morgan fingerprint density at radius 1 is 1.00 bits per heavy atom. The van der Waals surface area contributed by atoms with Crippen molar-refractivity contribution in [3.8, 4) is 0 Å². The summed E-state index contributed by atoms with van der Waals surface area (Å²) in [6.45, 7) is 4.23. The molecule has 0 aliphatic carbocycles. The maximum atomic E-state index is 6.51. The number of imidazole rings is 1. The maximum absolute atomic E-state index is 6.51. The number of halogens is 2. The summed E-state index contributed by atoms with van der Waals surface area (Å²) in [5.74, 6) is 1.02. The van der Waals surface area contributed by atoms with Gasteiger partial charge in [0.15, 0.2) is 0 Å². The van der Waals surface area contributed by atoms with Gasteiger partial charge in [0, 0.05) is 32.4 Å². The number of rotatable bonds is 3. The smallest absolute Gasteiger partial charge is 0.124 e. The van der Waals surface area contributed by atoms with Crippen molar-refractivity contribution < 1.29 is 0 Å². The molecule has 2 fully saturated rings. The molecule has 1 N–H and O–H groups in total. The number of piperidine rings is 1. The highest BCUT2D eigenvalue weighted by Crippen LogP contribution is 2.42. The summed E-state index contributed by atoms with van der Waals surface area (Å²) < 4.78 is 0. The molecule has 4 heterocycles. The van der Waals surface area contributed by atoms with Gasteiger partial charge in [0.25, 0.3) is 0 Å². The number of hydrogen-bond donors (Lipinski definition) is 1. The van der Waals surface area contributed by atoms with Gasteiger partial charge in [0.1, 0.15) is 5.82 Å². The van der Waals surface area contributed by atoms with E-state index in [9.17, 15) is 0 Å². The highest BCUT2D eigenvalue weighted by Gasteiger charge is 2.34. The van der Waals surface area contributed by atoms with E-state index < -0.39 is 0 Å². The van der Waals surface area contributed by atoms with Crippen LogP contribution in [0.2, 0.25) is 10.0 Å². The van der Waals surface area contributed by atoms with Crippen LogP contribution < -0.4 is 4.90 Å². The van der Waals surface area contributed by atoms with Crippen LogP contribution in [-0.2, 0) is 0 Å². The third kappa shape index (κ3) is 3.91. The molecule has 2 aliphatic heterocycles. The molecule has 0 amide bonds. The lowest BCUT2D eigenvalue weighted by atomic mass is 9.93. The van der Waals surface area contributed by atoms with Crippen molar-refractivity contribution in [2.75, 3.05) is 45.2 Å². The second kappa shape index (κ2) is 8.58. The van der Waals surface area contributed by atoms with E-state index in [4.69, 9.17) is 28.2 Å². The highest BCUT2D eigenvalue weighted by atomic mass is 35.5. The molecule has 6 nitrogen and oxygen atoms in total. The van der Waals surface area contributed by atoms with E-state index in [1.54, 1.807) is 12.3 Å². The van der Waals surface area contributed by atoms with Crippen molar-refractivity contribution >= 4 is 39.9 Å². The molecule has 0 bridgehead atoms. The summed E-state index contributed by atoms with van der Waals surface area (Å²) in [5.41, 5.74) is 4.27. The molecule has 3 aromatic rings. The highest BCUT2D eigenvalue weighted by molar-refractivity contribution is 6.42. The van der Waals surface area contributed by atoms with Crippen LogP contribution in [0.1, 0.15) is 42.9 Å². The average molecular weight is 459 g/mol. The zero-order valence-electron chi connectivity index (χ0n) is 18.0. The third-order valence-electron chi connectivity index (χ3n) is 6.80. The average Bonchev–Trinajstić information content (AvgIpc) is 3.21. The van der Waals surface area contributed by atoms with Gasteiger partial charge in [-0.25, -0.2) is 4.98 Å². The number of aromatic amines is 1. The predicted molar refractivity (Wildman–Crippen MR) is 127 cm³/mol. The zero-order chi connectivity index (χ0) is 21.5. The fourth-order valence-electron chi connectivity index (χ4n) is 4.96. The van der Waals surface area contributed by atoms with Gasteiger partial charge in [0.2, 0.25) is 0 Å². The van der Waals surface area contributed by atoms with Crippen LogP contribution in [-0.4, -0.2) is 65.0 Å². The van der Waals surface area contributed by atoms with E-state index in [1.807, 2.05) is 0 Å². The minimum atomic E-state index is 0.121. The van der Waals surface area contributed by atoms with Crippen LogP contribution in [0.15, 0.2) is 30.5 Å². The summed E-state index contributed by atoms with van der Waals surface area (Å²) in [6.07, 6.45) is 4.89. The maximum Gasteiger partial charge on any atom is 0.124 e. The molecular weight excluding hydrogens is 431 g/mol. The normalized spacial score (nSPS) is 23.5. The van der Waals surface area contributed by atoms with Gasteiger partial charge in [-0.15, -0.1) is 0 Å². The fraction of sp³-hybridized carbons (Fsp3) is 0.478. The van der Waals surface area contributed by atoms with E-state index in [0.717, 1.165) is 68.0 Å². The lowest BCUT2D eigenvalue weighted by Crippen LogP contribution is -2.44. The topological polar surface area (TPSA) is 51.3 Å². The summed E-state index contributed by atoms with van der Waals surface area (Å²) in [6, 6.07) is 8.47. The number of nitrogens with zero attached hydrogens (tertiary/aromatic N) is 5. The second-order valence-corrected chi connectivity index (χ2v) is 9.49. The lowest BCUT2D eigenvalue weighted by molar-refractivity contribution is 0.107. The molecule has 164 valence electrons. The van der Waals surface area contributed by atoms with E-state index in [1.165, 1.54) is 5.69 Å². The van der Waals surface area contributed by atoms with Crippen molar-refractivity contribution in [3.05, 3.63) is 52.0 Å². The van der Waals surface area contributed by atoms with E-state index in [-0.39, 0.29) is 12.1 Å². The number of fused-ring (bicyclic) bond motifs is 1. The number of likely N-dealkylation sites (tertiary alicyclic amines) is 1. The Kier molecular flexibility index (Phi) is 5.82. The molecule has 1 aromatic carbocycles. The van der Waals surface area contributed by atoms with Gasteiger partial charge >= 0.3 is 0 Å². The number of piperazine rings is 1. The third-order valence-corrected chi connectivity index (χ3v) is 7.61. The molecular formula is C23H28Cl2N6. The van der Waals surface area contributed by atoms with Crippen LogP contribution in [0.4, 0.5) is 5.69 Å². The van der Waals surface area contributed by atoms with Crippen molar-refractivity contribution in [3.63, 3.8) is 0 Å². The molecule has 2 aliphatic rings. The van der Waals surface area contributed by atoms with E-state index in [2.05, 4.69) is 57.0 Å². The number of benzene rings is 1. The van der Waals surface area contributed by atoms with Gasteiger partial charge in [-0.1, -0.05) is 29.3 Å². The van der Waals surface area contributed by atoms with Gasteiger partial charge in [-0.3, -0.25) is 9.88 Å². The number of H-pyrrole nitrogens is 1. The Hall–Kier alpha value is -1.86. The van der Waals surface area contributed by atoms with Crippen LogP contribution in [0.5, 0.6) is 0 Å². The molecule has 5 rings (SSSR count). The first-order valence-electron chi connectivity index (χ1n) is 11.0. The summed E-state index contributed by atoms with van der Waals surface area (Å²) in [7, 11) is 4.32. The first-order valence-corrected chi connectivity index (χ1v) is 11.7. The van der Waals surface area contributed by atoms with Gasteiger partial charge in [-0.2, -0.15) is 0 Å². The van der Waals surface area contributed by atoms with Crippen LogP contribution in [0.25, 0.3) is 11.0 Å². The largest absolute Gasteiger partial charge is 0.367 e. The molecule has 0 saturated carbocycles. The van der Waals surface area contributed by atoms with Crippen LogP contribution in [0.3, 0.4) is 0 Å². The minimum absolute atomic E-state index is 0.121. The number of para-hydroxylation sites is 1. The summed E-state index contributed by atoms with van der Waals surface area (Å²) >= 11 is 12.8. The predicted octanol–water partition coefficient (Wildman–Crippen LogP) is 4.91. The van der Waals surface area contributed by atoms with Crippen molar-refractivity contribution in [1.29, 1.82) is 0 Å². The zero-order valence-corrected chi connectivity index (χ0v) is 19.5. The Morgan fingerprint density at radius 3 is 2.58 bits per heavy atom. The quantitative estimate of drug-likeness (QED) is 0.603. The number of hydrogen-bond acceptors (Lipinski definition) is 5. The molecule has 0 unspecified atom stereocenters. The molecule has 0 radical (unpaired) electrons. The molecule has 2 saturated heterocycles. The minimum Gasteiger partial charge on any atom is -0.367 e. The van der Waals surface area contributed by atoms with Crippen molar-refractivity contribution in [2.45, 2.75) is 31.3 Å². The van der Waals surface area contributed by atoms with E-state index in [0.29, 0.717) is 10.0 Å². The molecule has 0 spiro atoms. The molecule has 2 aromatic heterocycles. The van der Waals surface area contributed by atoms with Crippen molar-refractivity contribution in [2.24, 2.45) is 0 Å². The fourth-order valence-corrected chi connectivity index (χ4v) is 5.35. The summed E-state index contributed by atoms with van der Waals surface area (Å²) in [5, 5.41) is 1.12. The Labute approximate surface area is 193 Å². The molecule has 8 heteroatoms. The first kappa shape index (κ1) is 21.0. The summed E-state index contributed by atoms with van der Waals surface area (Å²) in [4.78, 5) is 20.5. The van der Waals surface area contributed by atoms with Crippen molar-refractivity contribution in [1.82, 2.24) is 24.8 Å². The Morgan fingerprint density at radius 2 is 1.77 bits per heavy atom. The number of likely N-dealkylation sites (N-methyl/N-ethyl adjacent to an activating group) is 1.